The van der Waals surface area contributed by atoms with Crippen LogP contribution in [-0.4, -0.2) is 37.1 Å². The molecule has 2 N–H and O–H groups in total. The highest BCUT2D eigenvalue weighted by atomic mass is 35.5. The number of hydrogen-bond acceptors (Lipinski definition) is 3. The summed E-state index contributed by atoms with van der Waals surface area (Å²) in [6.07, 6.45) is 1.05. The number of urea groups is 1. The van der Waals surface area contributed by atoms with Gasteiger partial charge in [-0.1, -0.05) is 13.8 Å². The molecule has 0 aromatic heterocycles. The van der Waals surface area contributed by atoms with E-state index >= 15 is 0 Å². The standard InChI is InChI=1S/C11H19ClN2O3/c1-11(2)7(6-8(11)17-3)13-10(16)14-9(15)4-5-12/h7-8H,4-6H2,1-3H3,(H2,13,14,15,16). The molecule has 3 amide bonds. The van der Waals surface area contributed by atoms with Crippen LogP contribution < -0.4 is 10.6 Å². The Bertz CT molecular complexity index is 307. The lowest BCUT2D eigenvalue weighted by Gasteiger charge is -2.51. The van der Waals surface area contributed by atoms with E-state index in [4.69, 9.17) is 16.3 Å². The summed E-state index contributed by atoms with van der Waals surface area (Å²) in [5.41, 5.74) is -0.110. The van der Waals surface area contributed by atoms with E-state index in [9.17, 15) is 9.59 Å². The molecule has 2 atom stereocenters. The van der Waals surface area contributed by atoms with Crippen molar-refractivity contribution in [3.63, 3.8) is 0 Å². The Labute approximate surface area is 106 Å². The molecule has 1 aliphatic rings. The van der Waals surface area contributed by atoms with Crippen molar-refractivity contribution in [2.75, 3.05) is 13.0 Å². The molecule has 1 rings (SSSR count). The van der Waals surface area contributed by atoms with Crippen LogP contribution in [0.2, 0.25) is 0 Å². The van der Waals surface area contributed by atoms with Crippen LogP contribution in [0.25, 0.3) is 0 Å². The summed E-state index contributed by atoms with van der Waals surface area (Å²) < 4.78 is 5.28. The maximum atomic E-state index is 11.5. The third-order valence-corrected chi connectivity index (χ3v) is 3.53. The van der Waals surface area contributed by atoms with Gasteiger partial charge in [0.2, 0.25) is 5.91 Å². The van der Waals surface area contributed by atoms with Crippen molar-refractivity contribution < 1.29 is 14.3 Å². The molecule has 5 nitrogen and oxygen atoms in total. The van der Waals surface area contributed by atoms with Gasteiger partial charge in [0, 0.05) is 30.9 Å². The third-order valence-electron chi connectivity index (χ3n) is 3.34. The average molecular weight is 263 g/mol. The lowest BCUT2D eigenvalue weighted by molar-refractivity contribution is -0.119. The fraction of sp³-hybridized carbons (Fsp3) is 0.818. The van der Waals surface area contributed by atoms with E-state index in [1.165, 1.54) is 0 Å². The molecular formula is C11H19ClN2O3. The number of ether oxygens (including phenoxy) is 1. The monoisotopic (exact) mass is 262 g/mol. The highest BCUT2D eigenvalue weighted by Gasteiger charge is 2.49. The van der Waals surface area contributed by atoms with E-state index in [0.29, 0.717) is 0 Å². The number of halogens is 1. The first-order chi connectivity index (χ1) is 7.91. The van der Waals surface area contributed by atoms with Gasteiger partial charge in [0.25, 0.3) is 0 Å². The zero-order valence-electron chi connectivity index (χ0n) is 10.4. The molecule has 0 spiro atoms. The lowest BCUT2D eigenvalue weighted by Crippen LogP contribution is -2.63. The van der Waals surface area contributed by atoms with Crippen molar-refractivity contribution in [2.24, 2.45) is 5.41 Å². The molecule has 17 heavy (non-hydrogen) atoms. The van der Waals surface area contributed by atoms with Crippen LogP contribution in [0.1, 0.15) is 26.7 Å². The van der Waals surface area contributed by atoms with Crippen LogP contribution >= 0.6 is 11.6 Å². The second-order valence-electron chi connectivity index (χ2n) is 4.79. The van der Waals surface area contributed by atoms with Crippen LogP contribution in [0.5, 0.6) is 0 Å². The van der Waals surface area contributed by atoms with E-state index in [0.717, 1.165) is 6.42 Å². The minimum Gasteiger partial charge on any atom is -0.381 e. The van der Waals surface area contributed by atoms with Gasteiger partial charge < -0.3 is 10.1 Å². The van der Waals surface area contributed by atoms with Crippen molar-refractivity contribution >= 4 is 23.5 Å². The Kier molecular flexibility index (Phi) is 4.77. The molecule has 0 aromatic carbocycles. The molecule has 0 aromatic rings. The number of carbonyl (C=O) groups excluding carboxylic acids is 2. The molecule has 0 bridgehead atoms. The fourth-order valence-corrected chi connectivity index (χ4v) is 2.17. The van der Waals surface area contributed by atoms with Crippen LogP contribution in [0.3, 0.4) is 0 Å². The van der Waals surface area contributed by atoms with E-state index in [1.54, 1.807) is 7.11 Å². The zero-order valence-corrected chi connectivity index (χ0v) is 11.1. The number of alkyl halides is 1. The zero-order chi connectivity index (χ0) is 13.1. The molecule has 6 heteroatoms. The van der Waals surface area contributed by atoms with Gasteiger partial charge in [0.1, 0.15) is 0 Å². The van der Waals surface area contributed by atoms with Crippen LogP contribution in [0, 0.1) is 5.41 Å². The van der Waals surface area contributed by atoms with Crippen LogP contribution in [0.4, 0.5) is 4.79 Å². The predicted molar refractivity (Wildman–Crippen MR) is 65.0 cm³/mol. The van der Waals surface area contributed by atoms with E-state index in [2.05, 4.69) is 10.6 Å². The summed E-state index contributed by atoms with van der Waals surface area (Å²) >= 11 is 5.40. The molecule has 0 saturated heterocycles. The highest BCUT2D eigenvalue weighted by molar-refractivity contribution is 6.19. The minimum absolute atomic E-state index is 0.0243. The van der Waals surface area contributed by atoms with Gasteiger partial charge in [-0.15, -0.1) is 11.6 Å². The molecule has 1 saturated carbocycles. The SMILES string of the molecule is COC1CC(NC(=O)NC(=O)CCCl)C1(C)C. The second kappa shape index (κ2) is 5.69. The van der Waals surface area contributed by atoms with Crippen molar-refractivity contribution in [3.05, 3.63) is 0 Å². The number of imide groups is 1. The first-order valence-corrected chi connectivity index (χ1v) is 6.14. The van der Waals surface area contributed by atoms with Gasteiger partial charge in [-0.05, 0) is 6.42 Å². The van der Waals surface area contributed by atoms with Crippen molar-refractivity contribution in [3.8, 4) is 0 Å². The van der Waals surface area contributed by atoms with E-state index in [1.807, 2.05) is 13.8 Å². The smallest absolute Gasteiger partial charge is 0.321 e. The average Bonchev–Trinajstić information content (AvgIpc) is 2.23. The van der Waals surface area contributed by atoms with Gasteiger partial charge in [-0.25, -0.2) is 4.79 Å². The molecule has 0 radical (unpaired) electrons. The Morgan fingerprint density at radius 3 is 2.59 bits per heavy atom. The highest BCUT2D eigenvalue weighted by Crippen LogP contribution is 2.42. The Balaban J connectivity index is 2.36. The van der Waals surface area contributed by atoms with Crippen molar-refractivity contribution in [1.29, 1.82) is 0 Å². The molecule has 0 aliphatic heterocycles. The Hall–Kier alpha value is -0.810. The number of nitrogens with one attached hydrogen (secondary N) is 2. The van der Waals surface area contributed by atoms with Gasteiger partial charge in [-0.2, -0.15) is 0 Å². The topological polar surface area (TPSA) is 67.4 Å². The number of hydrogen-bond donors (Lipinski definition) is 2. The third kappa shape index (κ3) is 3.33. The van der Waals surface area contributed by atoms with Gasteiger partial charge >= 0.3 is 6.03 Å². The summed E-state index contributed by atoms with van der Waals surface area (Å²) in [5, 5.41) is 5.00. The maximum absolute atomic E-state index is 11.5. The summed E-state index contributed by atoms with van der Waals surface area (Å²) in [5.74, 6) is -0.155. The second-order valence-corrected chi connectivity index (χ2v) is 5.17. The number of amides is 3. The first-order valence-electron chi connectivity index (χ1n) is 5.61. The van der Waals surface area contributed by atoms with Crippen LogP contribution in [-0.2, 0) is 9.53 Å². The molecule has 1 fully saturated rings. The van der Waals surface area contributed by atoms with Crippen LogP contribution in [0.15, 0.2) is 0 Å². The van der Waals surface area contributed by atoms with E-state index in [-0.39, 0.29) is 35.8 Å². The number of methoxy groups -OCH3 is 1. The lowest BCUT2D eigenvalue weighted by atomic mass is 9.64. The Morgan fingerprint density at radius 1 is 1.47 bits per heavy atom. The normalized spacial score (nSPS) is 25.9. The molecule has 2 unspecified atom stereocenters. The summed E-state index contributed by atoms with van der Waals surface area (Å²) in [4.78, 5) is 22.6. The number of rotatable bonds is 4. The largest absolute Gasteiger partial charge is 0.381 e. The number of carbonyl (C=O) groups is 2. The fourth-order valence-electron chi connectivity index (χ4n) is 2.00. The van der Waals surface area contributed by atoms with Gasteiger partial charge in [0.15, 0.2) is 0 Å². The first kappa shape index (κ1) is 14.3. The van der Waals surface area contributed by atoms with Crippen molar-refractivity contribution in [1.82, 2.24) is 10.6 Å². The predicted octanol–water partition coefficient (Wildman–Crippen LogP) is 1.25. The molecule has 0 heterocycles. The molecule has 98 valence electrons. The quantitative estimate of drug-likeness (QED) is 0.750. The van der Waals surface area contributed by atoms with Gasteiger partial charge in [0.05, 0.1) is 6.10 Å². The molecule has 1 aliphatic carbocycles. The van der Waals surface area contributed by atoms with Gasteiger partial charge in [-0.3, -0.25) is 10.1 Å². The summed E-state index contributed by atoms with van der Waals surface area (Å²) in [7, 11) is 1.66. The van der Waals surface area contributed by atoms with Crippen molar-refractivity contribution in [2.45, 2.75) is 38.8 Å². The van der Waals surface area contributed by atoms with E-state index < -0.39 is 6.03 Å². The minimum atomic E-state index is -0.465. The summed E-state index contributed by atoms with van der Waals surface area (Å²) in [6, 6.07) is -0.441. The molecular weight excluding hydrogens is 244 g/mol. The Morgan fingerprint density at radius 2 is 2.12 bits per heavy atom. The maximum Gasteiger partial charge on any atom is 0.321 e. The summed E-state index contributed by atoms with van der Waals surface area (Å²) in [6.45, 7) is 4.05.